The Morgan fingerprint density at radius 1 is 1.44 bits per heavy atom. The molecule has 0 saturated heterocycles. The van der Waals surface area contributed by atoms with Gasteiger partial charge in [0.15, 0.2) is 0 Å². The molecule has 0 amide bonds. The number of likely N-dealkylation sites (N-methyl/N-ethyl adjacent to an activating group) is 1. The Morgan fingerprint density at radius 3 is 2.33 bits per heavy atom. The fourth-order valence-electron chi connectivity index (χ4n) is 0.547. The minimum absolute atomic E-state index is 0.310. The maximum atomic E-state index is 5.74. The maximum Gasteiger partial charge on any atom is 0.0188 e. The van der Waals surface area contributed by atoms with Gasteiger partial charge in [0.25, 0.3) is 0 Å². The fraction of sp³-hybridized carbons (Fsp3) is 1.00. The minimum atomic E-state index is 0.310. The van der Waals surface area contributed by atoms with E-state index in [0.717, 1.165) is 13.1 Å². The molecule has 56 valence electrons. The van der Waals surface area contributed by atoms with Crippen molar-refractivity contribution in [1.82, 2.24) is 5.32 Å². The highest BCUT2D eigenvalue weighted by atomic mass is 14.9. The normalized spacial score (nSPS) is 14.3. The second kappa shape index (κ2) is 4.77. The molecule has 0 aliphatic rings. The quantitative estimate of drug-likeness (QED) is 0.584. The fourth-order valence-corrected chi connectivity index (χ4v) is 0.547. The molecule has 0 fully saturated rings. The van der Waals surface area contributed by atoms with Crippen molar-refractivity contribution in [3.8, 4) is 0 Å². The Morgan fingerprint density at radius 2 is 2.00 bits per heavy atom. The molecule has 3 N–H and O–H groups in total. The summed E-state index contributed by atoms with van der Waals surface area (Å²) in [7, 11) is 0. The molecule has 0 rings (SSSR count). The van der Waals surface area contributed by atoms with E-state index in [1.807, 2.05) is 0 Å². The molecule has 0 saturated carbocycles. The monoisotopic (exact) mass is 130 g/mol. The lowest BCUT2D eigenvalue weighted by Crippen LogP contribution is -2.37. The first-order chi connectivity index (χ1) is 4.18. The van der Waals surface area contributed by atoms with Crippen LogP contribution in [-0.2, 0) is 0 Å². The molecule has 0 aromatic heterocycles. The van der Waals surface area contributed by atoms with Gasteiger partial charge in [0.05, 0.1) is 0 Å². The summed E-state index contributed by atoms with van der Waals surface area (Å²) in [5, 5.41) is 3.20. The molecule has 1 atom stereocenters. The summed E-state index contributed by atoms with van der Waals surface area (Å²) < 4.78 is 0. The topological polar surface area (TPSA) is 38.0 Å². The van der Waals surface area contributed by atoms with Gasteiger partial charge in [-0.2, -0.15) is 0 Å². The van der Waals surface area contributed by atoms with Gasteiger partial charge in [0, 0.05) is 12.6 Å². The second-order valence-electron chi connectivity index (χ2n) is 2.72. The standard InChI is InChI=1S/C7H18N2/c1-4-9-5-7(8)6(2)3/h6-7,9H,4-5,8H2,1-3H3/t7-/m1/s1. The van der Waals surface area contributed by atoms with Crippen molar-refractivity contribution in [1.29, 1.82) is 0 Å². The summed E-state index contributed by atoms with van der Waals surface area (Å²) in [4.78, 5) is 0. The van der Waals surface area contributed by atoms with E-state index in [1.54, 1.807) is 0 Å². The summed E-state index contributed by atoms with van der Waals surface area (Å²) >= 11 is 0. The van der Waals surface area contributed by atoms with Crippen molar-refractivity contribution in [3.63, 3.8) is 0 Å². The Bertz CT molecular complexity index is 61.9. The molecule has 0 unspecified atom stereocenters. The largest absolute Gasteiger partial charge is 0.326 e. The Balaban J connectivity index is 3.16. The zero-order chi connectivity index (χ0) is 7.28. The van der Waals surface area contributed by atoms with Gasteiger partial charge in [-0.1, -0.05) is 20.8 Å². The van der Waals surface area contributed by atoms with E-state index >= 15 is 0 Å². The van der Waals surface area contributed by atoms with Crippen molar-refractivity contribution in [3.05, 3.63) is 0 Å². The van der Waals surface area contributed by atoms with Gasteiger partial charge < -0.3 is 11.1 Å². The number of hydrogen-bond acceptors (Lipinski definition) is 2. The minimum Gasteiger partial charge on any atom is -0.326 e. The lowest BCUT2D eigenvalue weighted by atomic mass is 10.1. The number of nitrogens with one attached hydrogen (secondary N) is 1. The lowest BCUT2D eigenvalue weighted by molar-refractivity contribution is 0.464. The van der Waals surface area contributed by atoms with Crippen LogP contribution in [-0.4, -0.2) is 19.1 Å². The molecule has 0 aliphatic carbocycles. The summed E-state index contributed by atoms with van der Waals surface area (Å²) in [6.45, 7) is 8.33. The van der Waals surface area contributed by atoms with Gasteiger partial charge in [-0.15, -0.1) is 0 Å². The van der Waals surface area contributed by atoms with E-state index in [-0.39, 0.29) is 0 Å². The van der Waals surface area contributed by atoms with Crippen LogP contribution in [0.2, 0.25) is 0 Å². The van der Waals surface area contributed by atoms with Crippen LogP contribution in [0, 0.1) is 5.92 Å². The molecule has 2 nitrogen and oxygen atoms in total. The third kappa shape index (κ3) is 4.43. The van der Waals surface area contributed by atoms with E-state index in [0.29, 0.717) is 12.0 Å². The second-order valence-corrected chi connectivity index (χ2v) is 2.72. The highest BCUT2D eigenvalue weighted by molar-refractivity contribution is 4.66. The first-order valence-corrected chi connectivity index (χ1v) is 3.64. The van der Waals surface area contributed by atoms with Crippen LogP contribution in [0.3, 0.4) is 0 Å². The third-order valence-electron chi connectivity index (χ3n) is 1.49. The van der Waals surface area contributed by atoms with Gasteiger partial charge >= 0.3 is 0 Å². The maximum absolute atomic E-state index is 5.74. The van der Waals surface area contributed by atoms with Crippen molar-refractivity contribution in [2.24, 2.45) is 11.7 Å². The zero-order valence-electron chi connectivity index (χ0n) is 6.65. The van der Waals surface area contributed by atoms with Crippen LogP contribution in [0.15, 0.2) is 0 Å². The molecular weight excluding hydrogens is 112 g/mol. The van der Waals surface area contributed by atoms with E-state index < -0.39 is 0 Å². The Labute approximate surface area is 57.8 Å². The van der Waals surface area contributed by atoms with Gasteiger partial charge in [-0.3, -0.25) is 0 Å². The summed E-state index contributed by atoms with van der Waals surface area (Å²) in [5.41, 5.74) is 5.74. The van der Waals surface area contributed by atoms with Gasteiger partial charge in [-0.25, -0.2) is 0 Å². The number of nitrogens with two attached hydrogens (primary N) is 1. The molecule has 0 aromatic rings. The first kappa shape index (κ1) is 8.92. The van der Waals surface area contributed by atoms with Crippen molar-refractivity contribution in [2.75, 3.05) is 13.1 Å². The Hall–Kier alpha value is -0.0800. The average molecular weight is 130 g/mol. The molecule has 0 heterocycles. The molecule has 2 heteroatoms. The molecule has 0 spiro atoms. The molecule has 0 radical (unpaired) electrons. The molecule has 0 bridgehead atoms. The van der Waals surface area contributed by atoms with E-state index in [4.69, 9.17) is 5.73 Å². The molecule has 9 heavy (non-hydrogen) atoms. The zero-order valence-corrected chi connectivity index (χ0v) is 6.65. The van der Waals surface area contributed by atoms with Crippen LogP contribution in [0.4, 0.5) is 0 Å². The van der Waals surface area contributed by atoms with Gasteiger partial charge in [-0.05, 0) is 12.5 Å². The van der Waals surface area contributed by atoms with Crippen LogP contribution in [0.25, 0.3) is 0 Å². The van der Waals surface area contributed by atoms with E-state index in [9.17, 15) is 0 Å². The van der Waals surface area contributed by atoms with E-state index in [1.165, 1.54) is 0 Å². The smallest absolute Gasteiger partial charge is 0.0188 e. The number of rotatable bonds is 4. The summed E-state index contributed by atoms with van der Waals surface area (Å²) in [5.74, 6) is 0.587. The molecular formula is C7H18N2. The van der Waals surface area contributed by atoms with Crippen LogP contribution < -0.4 is 11.1 Å². The predicted octanol–water partition coefficient (Wildman–Crippen LogP) is 0.579. The van der Waals surface area contributed by atoms with Crippen molar-refractivity contribution in [2.45, 2.75) is 26.8 Å². The predicted molar refractivity (Wildman–Crippen MR) is 41.4 cm³/mol. The van der Waals surface area contributed by atoms with Crippen LogP contribution in [0.1, 0.15) is 20.8 Å². The van der Waals surface area contributed by atoms with Crippen molar-refractivity contribution < 1.29 is 0 Å². The summed E-state index contributed by atoms with van der Waals surface area (Å²) in [6, 6.07) is 0.310. The van der Waals surface area contributed by atoms with Crippen molar-refractivity contribution >= 4 is 0 Å². The average Bonchev–Trinajstić information content (AvgIpc) is 1.82. The highest BCUT2D eigenvalue weighted by Crippen LogP contribution is 1.95. The van der Waals surface area contributed by atoms with Crippen LogP contribution in [0.5, 0.6) is 0 Å². The van der Waals surface area contributed by atoms with Gasteiger partial charge in [0.1, 0.15) is 0 Å². The molecule has 0 aliphatic heterocycles. The van der Waals surface area contributed by atoms with E-state index in [2.05, 4.69) is 26.1 Å². The Kier molecular flexibility index (Phi) is 4.72. The number of hydrogen-bond donors (Lipinski definition) is 2. The lowest BCUT2D eigenvalue weighted by Gasteiger charge is -2.14. The summed E-state index contributed by atoms with van der Waals surface area (Å²) in [6.07, 6.45) is 0. The van der Waals surface area contributed by atoms with Crippen LogP contribution >= 0.6 is 0 Å². The molecule has 0 aromatic carbocycles. The highest BCUT2D eigenvalue weighted by Gasteiger charge is 2.04. The first-order valence-electron chi connectivity index (χ1n) is 3.64. The third-order valence-corrected chi connectivity index (χ3v) is 1.49. The SMILES string of the molecule is CCNC[C@@H](N)C(C)C. The van der Waals surface area contributed by atoms with Gasteiger partial charge in [0.2, 0.25) is 0 Å².